The molecule has 1 amide bonds. The molecule has 140 valence electrons. The number of benzene rings is 1. The Labute approximate surface area is 157 Å². The molecule has 0 radical (unpaired) electrons. The summed E-state index contributed by atoms with van der Waals surface area (Å²) in [5, 5.41) is 11.3. The minimum absolute atomic E-state index is 0.00652. The van der Waals surface area contributed by atoms with Gasteiger partial charge in [-0.3, -0.25) is 4.79 Å². The van der Waals surface area contributed by atoms with E-state index >= 15 is 0 Å². The van der Waals surface area contributed by atoms with Gasteiger partial charge in [-0.25, -0.2) is 14.6 Å². The van der Waals surface area contributed by atoms with Crippen molar-refractivity contribution in [2.24, 2.45) is 5.92 Å². The maximum Gasteiger partial charge on any atom is 0.226 e. The lowest BCUT2D eigenvalue weighted by atomic mass is 9.99. The van der Waals surface area contributed by atoms with Gasteiger partial charge in [-0.05, 0) is 25.3 Å². The van der Waals surface area contributed by atoms with Crippen molar-refractivity contribution in [2.45, 2.75) is 26.3 Å². The number of fused-ring (bicyclic) bond motifs is 1. The Kier molecular flexibility index (Phi) is 4.95. The highest BCUT2D eigenvalue weighted by Gasteiger charge is 2.34. The molecule has 1 aliphatic rings. The number of carbonyl (C=O) groups is 1. The summed E-state index contributed by atoms with van der Waals surface area (Å²) in [5.74, 6) is 0.864. The molecule has 0 unspecified atom stereocenters. The Morgan fingerprint density at radius 3 is 2.81 bits per heavy atom. The summed E-state index contributed by atoms with van der Waals surface area (Å²) in [5.41, 5.74) is 2.73. The summed E-state index contributed by atoms with van der Waals surface area (Å²) in [6, 6.07) is 10.3. The van der Waals surface area contributed by atoms with Crippen LogP contribution in [0.4, 0.5) is 5.82 Å². The zero-order chi connectivity index (χ0) is 18.6. The average molecular weight is 365 g/mol. The zero-order valence-electron chi connectivity index (χ0n) is 15.4. The second kappa shape index (κ2) is 7.69. The van der Waals surface area contributed by atoms with Crippen LogP contribution in [0.25, 0.3) is 11.2 Å². The number of rotatable bonds is 7. The van der Waals surface area contributed by atoms with Crippen LogP contribution in [0, 0.1) is 5.92 Å². The summed E-state index contributed by atoms with van der Waals surface area (Å²) in [6.45, 7) is 4.71. The second-order valence-corrected chi connectivity index (χ2v) is 6.76. The summed E-state index contributed by atoms with van der Waals surface area (Å²) in [4.78, 5) is 23.0. The number of hydrogen-bond donors (Lipinski definition) is 1. The van der Waals surface area contributed by atoms with Crippen LogP contribution in [-0.2, 0) is 17.8 Å². The molecule has 2 aromatic heterocycles. The third kappa shape index (κ3) is 3.60. The molecule has 8 nitrogen and oxygen atoms in total. The van der Waals surface area contributed by atoms with Crippen molar-refractivity contribution < 1.29 is 4.79 Å². The minimum Gasteiger partial charge on any atom is -0.356 e. The van der Waals surface area contributed by atoms with Crippen molar-refractivity contribution in [3.05, 3.63) is 42.2 Å². The highest BCUT2D eigenvalue weighted by molar-refractivity contribution is 5.86. The number of carbonyl (C=O) groups excluding carboxylic acids is 1. The van der Waals surface area contributed by atoms with Crippen molar-refractivity contribution in [2.75, 3.05) is 24.5 Å². The van der Waals surface area contributed by atoms with Crippen molar-refractivity contribution >= 4 is 22.9 Å². The maximum atomic E-state index is 12.3. The predicted molar refractivity (Wildman–Crippen MR) is 102 cm³/mol. The summed E-state index contributed by atoms with van der Waals surface area (Å²) < 4.78 is 1.75. The topological polar surface area (TPSA) is 88.8 Å². The molecule has 1 aliphatic heterocycles. The normalized spacial score (nSPS) is 14.3. The smallest absolute Gasteiger partial charge is 0.226 e. The molecule has 1 saturated heterocycles. The lowest BCUT2D eigenvalue weighted by molar-refractivity contribution is -0.125. The van der Waals surface area contributed by atoms with Crippen molar-refractivity contribution in [3.8, 4) is 0 Å². The zero-order valence-corrected chi connectivity index (χ0v) is 15.4. The predicted octanol–water partition coefficient (Wildman–Crippen LogP) is 1.43. The van der Waals surface area contributed by atoms with E-state index in [1.165, 1.54) is 11.9 Å². The van der Waals surface area contributed by atoms with Crippen molar-refractivity contribution in [1.82, 2.24) is 30.3 Å². The van der Waals surface area contributed by atoms with Gasteiger partial charge in [-0.15, -0.1) is 5.10 Å². The van der Waals surface area contributed by atoms with E-state index in [1.54, 1.807) is 4.68 Å². The molecule has 1 fully saturated rings. The molecule has 8 heteroatoms. The molecular weight excluding hydrogens is 342 g/mol. The van der Waals surface area contributed by atoms with E-state index < -0.39 is 0 Å². The van der Waals surface area contributed by atoms with Crippen LogP contribution in [0.3, 0.4) is 0 Å². The Bertz CT molecular complexity index is 918. The molecule has 1 N–H and O–H groups in total. The molecule has 0 saturated carbocycles. The number of nitrogens with one attached hydrogen (secondary N) is 1. The average Bonchev–Trinajstić information content (AvgIpc) is 3.09. The van der Waals surface area contributed by atoms with Crippen LogP contribution in [0.15, 0.2) is 36.7 Å². The van der Waals surface area contributed by atoms with Gasteiger partial charge >= 0.3 is 0 Å². The van der Waals surface area contributed by atoms with Gasteiger partial charge in [0.15, 0.2) is 17.0 Å². The second-order valence-electron chi connectivity index (χ2n) is 6.76. The summed E-state index contributed by atoms with van der Waals surface area (Å²) in [6.07, 6.45) is 3.45. The Morgan fingerprint density at radius 2 is 2.04 bits per heavy atom. The van der Waals surface area contributed by atoms with Crippen LogP contribution >= 0.6 is 0 Å². The molecule has 0 aliphatic carbocycles. The first kappa shape index (κ1) is 17.4. The van der Waals surface area contributed by atoms with Gasteiger partial charge in [0.05, 0.1) is 5.92 Å². The number of nitrogens with zero attached hydrogens (tertiary/aromatic N) is 6. The number of hydrogen-bond acceptors (Lipinski definition) is 6. The standard InChI is InChI=1S/C19H23N7O/c1-2-26-18-16(23-24-26)17(21-13-22-18)25-11-15(12-25)19(27)20-10-6-9-14-7-4-3-5-8-14/h3-5,7-8,13,15H,2,6,9-12H2,1H3,(H,20,27). The highest BCUT2D eigenvalue weighted by Crippen LogP contribution is 2.27. The fraction of sp³-hybridized carbons (Fsp3) is 0.421. The van der Waals surface area contributed by atoms with Crippen LogP contribution in [-0.4, -0.2) is 50.5 Å². The van der Waals surface area contributed by atoms with Gasteiger partial charge in [-0.2, -0.15) is 0 Å². The van der Waals surface area contributed by atoms with Gasteiger partial charge in [0.1, 0.15) is 6.33 Å². The first-order valence-electron chi connectivity index (χ1n) is 9.37. The van der Waals surface area contributed by atoms with E-state index in [2.05, 4.69) is 42.6 Å². The molecule has 1 aromatic carbocycles. The Balaban J connectivity index is 1.27. The first-order chi connectivity index (χ1) is 13.3. The number of aromatic nitrogens is 5. The van der Waals surface area contributed by atoms with E-state index in [-0.39, 0.29) is 11.8 Å². The van der Waals surface area contributed by atoms with Crippen molar-refractivity contribution in [3.63, 3.8) is 0 Å². The molecule has 0 bridgehead atoms. The summed E-state index contributed by atoms with van der Waals surface area (Å²) >= 11 is 0. The molecule has 3 heterocycles. The SMILES string of the molecule is CCn1nnc2c(N3CC(C(=O)NCCCc4ccccc4)C3)ncnc21. The Hall–Kier alpha value is -3.03. The molecule has 27 heavy (non-hydrogen) atoms. The minimum atomic E-state index is -0.00652. The third-order valence-corrected chi connectivity index (χ3v) is 4.92. The fourth-order valence-corrected chi connectivity index (χ4v) is 3.33. The van der Waals surface area contributed by atoms with E-state index in [4.69, 9.17) is 0 Å². The fourth-order valence-electron chi connectivity index (χ4n) is 3.33. The lowest BCUT2D eigenvalue weighted by Gasteiger charge is -2.38. The number of anilines is 1. The molecular formula is C19H23N7O. The molecule has 0 spiro atoms. The van der Waals surface area contributed by atoms with E-state index in [1.807, 2.05) is 25.1 Å². The lowest BCUT2D eigenvalue weighted by Crippen LogP contribution is -2.54. The van der Waals surface area contributed by atoms with Crippen LogP contribution < -0.4 is 10.2 Å². The van der Waals surface area contributed by atoms with Crippen LogP contribution in [0.1, 0.15) is 18.9 Å². The van der Waals surface area contributed by atoms with Gasteiger partial charge in [0.25, 0.3) is 0 Å². The van der Waals surface area contributed by atoms with Gasteiger partial charge < -0.3 is 10.2 Å². The maximum absolute atomic E-state index is 12.3. The number of amides is 1. The molecule has 3 aromatic rings. The quantitative estimate of drug-likeness (QED) is 0.637. The van der Waals surface area contributed by atoms with E-state index in [0.29, 0.717) is 31.7 Å². The van der Waals surface area contributed by atoms with Gasteiger partial charge in [0.2, 0.25) is 5.91 Å². The highest BCUT2D eigenvalue weighted by atomic mass is 16.2. The van der Waals surface area contributed by atoms with Gasteiger partial charge in [0, 0.05) is 26.2 Å². The Morgan fingerprint density at radius 1 is 1.22 bits per heavy atom. The van der Waals surface area contributed by atoms with Crippen molar-refractivity contribution in [1.29, 1.82) is 0 Å². The van der Waals surface area contributed by atoms with Crippen LogP contribution in [0.5, 0.6) is 0 Å². The molecule has 4 rings (SSSR count). The summed E-state index contributed by atoms with van der Waals surface area (Å²) in [7, 11) is 0. The molecule has 0 atom stereocenters. The van der Waals surface area contributed by atoms with Gasteiger partial charge in [-0.1, -0.05) is 35.5 Å². The largest absolute Gasteiger partial charge is 0.356 e. The first-order valence-corrected chi connectivity index (χ1v) is 9.37. The number of aryl methyl sites for hydroxylation is 2. The monoisotopic (exact) mass is 365 g/mol. The van der Waals surface area contributed by atoms with E-state index in [9.17, 15) is 4.79 Å². The van der Waals surface area contributed by atoms with E-state index in [0.717, 1.165) is 24.3 Å². The van der Waals surface area contributed by atoms with Crippen LogP contribution in [0.2, 0.25) is 0 Å². The third-order valence-electron chi connectivity index (χ3n) is 4.92.